The van der Waals surface area contributed by atoms with Crippen LogP contribution in [0.3, 0.4) is 0 Å². The molecule has 2 heterocycles. The molecule has 1 amide bonds. The van der Waals surface area contributed by atoms with Crippen LogP contribution < -0.4 is 10.2 Å². The highest BCUT2D eigenvalue weighted by atomic mass is 35.5. The van der Waals surface area contributed by atoms with Crippen molar-refractivity contribution < 1.29 is 4.79 Å². The molecule has 0 aliphatic carbocycles. The van der Waals surface area contributed by atoms with Gasteiger partial charge >= 0.3 is 0 Å². The average molecular weight is 339 g/mol. The average Bonchev–Trinajstić information content (AvgIpc) is 3.10. The summed E-state index contributed by atoms with van der Waals surface area (Å²) in [4.78, 5) is 14.2. The molecular weight excluding hydrogens is 323 g/mol. The molecule has 0 unspecified atom stereocenters. The number of halogens is 2. The number of rotatable bonds is 4. The van der Waals surface area contributed by atoms with Crippen molar-refractivity contribution in [3.8, 4) is 0 Å². The molecule has 1 aromatic heterocycles. The van der Waals surface area contributed by atoms with Crippen molar-refractivity contribution >= 4 is 34.8 Å². The zero-order chi connectivity index (χ0) is 15.5. The quantitative estimate of drug-likeness (QED) is 0.900. The molecule has 116 valence electrons. The second-order valence-electron chi connectivity index (χ2n) is 5.35. The van der Waals surface area contributed by atoms with Crippen LogP contribution in [0.2, 0.25) is 10.0 Å². The van der Waals surface area contributed by atoms with Gasteiger partial charge in [-0.2, -0.15) is 5.10 Å². The van der Waals surface area contributed by atoms with Gasteiger partial charge in [0.15, 0.2) is 0 Å². The molecule has 0 saturated carbocycles. The molecule has 1 fully saturated rings. The van der Waals surface area contributed by atoms with Crippen molar-refractivity contribution in [1.29, 1.82) is 0 Å². The van der Waals surface area contributed by atoms with Crippen molar-refractivity contribution in [2.24, 2.45) is 0 Å². The van der Waals surface area contributed by atoms with E-state index in [1.165, 1.54) is 0 Å². The first kappa shape index (κ1) is 15.2. The van der Waals surface area contributed by atoms with Crippen molar-refractivity contribution in [3.63, 3.8) is 0 Å². The highest BCUT2D eigenvalue weighted by Gasteiger charge is 2.25. The minimum atomic E-state index is -0.00157. The number of amides is 1. The number of H-pyrrole nitrogens is 1. The Morgan fingerprint density at radius 1 is 1.41 bits per heavy atom. The lowest BCUT2D eigenvalue weighted by Crippen LogP contribution is -2.38. The monoisotopic (exact) mass is 338 g/mol. The largest absolute Gasteiger partial charge is 0.368 e. The first-order valence-electron chi connectivity index (χ1n) is 7.09. The Kier molecular flexibility index (Phi) is 4.55. The Morgan fingerprint density at radius 2 is 2.27 bits per heavy atom. The molecule has 1 aliphatic rings. The van der Waals surface area contributed by atoms with Crippen LogP contribution in [0, 0.1) is 0 Å². The molecule has 0 bridgehead atoms. The molecule has 0 radical (unpaired) electrons. The summed E-state index contributed by atoms with van der Waals surface area (Å²) >= 11 is 12.2. The van der Waals surface area contributed by atoms with Crippen molar-refractivity contribution in [2.45, 2.75) is 18.9 Å². The van der Waals surface area contributed by atoms with Crippen LogP contribution in [0.25, 0.3) is 0 Å². The Balaban J connectivity index is 1.57. The molecule has 5 nitrogen and oxygen atoms in total. The van der Waals surface area contributed by atoms with Crippen LogP contribution in [0.1, 0.15) is 12.1 Å². The third-order valence-electron chi connectivity index (χ3n) is 3.71. The van der Waals surface area contributed by atoms with E-state index in [-0.39, 0.29) is 11.9 Å². The number of anilines is 1. The number of aromatic nitrogens is 2. The third-order valence-corrected chi connectivity index (χ3v) is 4.25. The maximum atomic E-state index is 12.0. The number of nitrogens with zero attached hydrogens (tertiary/aromatic N) is 2. The number of hydrogen-bond acceptors (Lipinski definition) is 3. The van der Waals surface area contributed by atoms with E-state index >= 15 is 0 Å². The van der Waals surface area contributed by atoms with Gasteiger partial charge in [-0.05, 0) is 30.7 Å². The third kappa shape index (κ3) is 3.54. The maximum Gasteiger partial charge on any atom is 0.226 e. The maximum absolute atomic E-state index is 12.0. The molecule has 7 heteroatoms. The van der Waals surface area contributed by atoms with E-state index in [4.69, 9.17) is 23.2 Å². The zero-order valence-corrected chi connectivity index (χ0v) is 13.4. The van der Waals surface area contributed by atoms with Gasteiger partial charge in [0.1, 0.15) is 0 Å². The summed E-state index contributed by atoms with van der Waals surface area (Å²) in [6.07, 6.45) is 2.86. The summed E-state index contributed by atoms with van der Waals surface area (Å²) in [7, 11) is 0. The van der Waals surface area contributed by atoms with Crippen LogP contribution >= 0.6 is 23.2 Å². The SMILES string of the molecule is O=C(Cc1ccn[nH]1)N[C@H]1CCN(c2ccc(Cl)cc2Cl)C1. The van der Waals surface area contributed by atoms with Crippen LogP contribution in [-0.4, -0.2) is 35.2 Å². The predicted molar refractivity (Wildman–Crippen MR) is 87.5 cm³/mol. The van der Waals surface area contributed by atoms with Gasteiger partial charge < -0.3 is 10.2 Å². The number of carbonyl (C=O) groups is 1. The lowest BCUT2D eigenvalue weighted by Gasteiger charge is -2.20. The molecular formula is C15H16Cl2N4O. The Bertz CT molecular complexity index is 660. The Labute approximate surface area is 138 Å². The number of benzene rings is 1. The predicted octanol–water partition coefficient (Wildman–Crippen LogP) is 2.65. The molecule has 1 aromatic carbocycles. The molecule has 2 aromatic rings. The van der Waals surface area contributed by atoms with E-state index in [0.29, 0.717) is 16.5 Å². The fraction of sp³-hybridized carbons (Fsp3) is 0.333. The summed E-state index contributed by atoms with van der Waals surface area (Å²) in [6, 6.07) is 7.41. The number of hydrogen-bond donors (Lipinski definition) is 2. The standard InChI is InChI=1S/C15H16Cl2N4O/c16-10-1-2-14(13(17)7-10)21-6-4-12(9-21)19-15(22)8-11-3-5-18-20-11/h1-3,5,7,12H,4,6,8-9H2,(H,18,20)(H,19,22)/t12-/m0/s1. The highest BCUT2D eigenvalue weighted by molar-refractivity contribution is 6.36. The smallest absolute Gasteiger partial charge is 0.226 e. The fourth-order valence-electron chi connectivity index (χ4n) is 2.67. The second-order valence-corrected chi connectivity index (χ2v) is 6.20. The van der Waals surface area contributed by atoms with Crippen molar-refractivity contribution in [2.75, 3.05) is 18.0 Å². The molecule has 0 spiro atoms. The molecule has 3 rings (SSSR count). The first-order valence-corrected chi connectivity index (χ1v) is 7.85. The first-order chi connectivity index (χ1) is 10.6. The summed E-state index contributed by atoms with van der Waals surface area (Å²) in [5, 5.41) is 10.9. The molecule has 1 aliphatic heterocycles. The fourth-order valence-corrected chi connectivity index (χ4v) is 3.20. The molecule has 1 saturated heterocycles. The summed E-state index contributed by atoms with van der Waals surface area (Å²) in [5.74, 6) is -0.00157. The number of carbonyl (C=O) groups excluding carboxylic acids is 1. The molecule has 2 N–H and O–H groups in total. The van der Waals surface area contributed by atoms with Crippen molar-refractivity contribution in [1.82, 2.24) is 15.5 Å². The topological polar surface area (TPSA) is 61.0 Å². The second kappa shape index (κ2) is 6.58. The summed E-state index contributed by atoms with van der Waals surface area (Å²) in [5.41, 5.74) is 1.77. The van der Waals surface area contributed by atoms with Gasteiger partial charge in [-0.3, -0.25) is 9.89 Å². The minimum Gasteiger partial charge on any atom is -0.368 e. The lowest BCUT2D eigenvalue weighted by molar-refractivity contribution is -0.121. The van der Waals surface area contributed by atoms with E-state index in [1.54, 1.807) is 18.3 Å². The van der Waals surface area contributed by atoms with Gasteiger partial charge in [-0.25, -0.2) is 0 Å². The van der Waals surface area contributed by atoms with Gasteiger partial charge in [-0.1, -0.05) is 23.2 Å². The van der Waals surface area contributed by atoms with E-state index in [9.17, 15) is 4.79 Å². The van der Waals surface area contributed by atoms with Crippen LogP contribution in [0.15, 0.2) is 30.5 Å². The number of aromatic amines is 1. The van der Waals surface area contributed by atoms with Gasteiger partial charge in [0.2, 0.25) is 5.91 Å². The van der Waals surface area contributed by atoms with E-state index in [0.717, 1.165) is 30.9 Å². The molecule has 1 atom stereocenters. The van der Waals surface area contributed by atoms with Crippen LogP contribution in [0.4, 0.5) is 5.69 Å². The lowest BCUT2D eigenvalue weighted by atomic mass is 10.2. The van der Waals surface area contributed by atoms with E-state index < -0.39 is 0 Å². The van der Waals surface area contributed by atoms with Crippen LogP contribution in [-0.2, 0) is 11.2 Å². The van der Waals surface area contributed by atoms with E-state index in [2.05, 4.69) is 20.4 Å². The highest BCUT2D eigenvalue weighted by Crippen LogP contribution is 2.31. The normalized spacial score (nSPS) is 17.7. The molecule has 22 heavy (non-hydrogen) atoms. The summed E-state index contributed by atoms with van der Waals surface area (Å²) in [6.45, 7) is 1.60. The van der Waals surface area contributed by atoms with Crippen molar-refractivity contribution in [3.05, 3.63) is 46.2 Å². The number of nitrogens with one attached hydrogen (secondary N) is 2. The summed E-state index contributed by atoms with van der Waals surface area (Å²) < 4.78 is 0. The van der Waals surface area contributed by atoms with E-state index in [1.807, 2.05) is 12.1 Å². The van der Waals surface area contributed by atoms with Crippen LogP contribution in [0.5, 0.6) is 0 Å². The van der Waals surface area contributed by atoms with Gasteiger partial charge in [0, 0.05) is 36.0 Å². The zero-order valence-electron chi connectivity index (χ0n) is 11.9. The van der Waals surface area contributed by atoms with Gasteiger partial charge in [0.25, 0.3) is 0 Å². The Hall–Kier alpha value is -1.72. The van der Waals surface area contributed by atoms with Gasteiger partial charge in [0.05, 0.1) is 17.1 Å². The Morgan fingerprint density at radius 3 is 3.00 bits per heavy atom. The minimum absolute atomic E-state index is 0.00157. The van der Waals surface area contributed by atoms with Gasteiger partial charge in [-0.15, -0.1) is 0 Å².